The summed E-state index contributed by atoms with van der Waals surface area (Å²) in [6.07, 6.45) is 2.38. The second-order valence-electron chi connectivity index (χ2n) is 6.25. The van der Waals surface area contributed by atoms with Crippen molar-refractivity contribution in [2.24, 2.45) is 0 Å². The smallest absolute Gasteiger partial charge is 0.229 e. The van der Waals surface area contributed by atoms with Gasteiger partial charge < -0.3 is 20.1 Å². The number of aromatic nitrogens is 2. The summed E-state index contributed by atoms with van der Waals surface area (Å²) in [5, 5.41) is 6.02. The lowest BCUT2D eigenvalue weighted by molar-refractivity contribution is 0.388. The SMILES string of the molecule is COc1ccc(Nc2nc(Nc3cccc(F)c3OC)ncc2Cl)c(NS(C)(=O)=O)c1.Cl. The summed E-state index contributed by atoms with van der Waals surface area (Å²) in [5.74, 6) is 0.212. The maximum atomic E-state index is 13.9. The van der Waals surface area contributed by atoms with Gasteiger partial charge in [-0.15, -0.1) is 12.4 Å². The van der Waals surface area contributed by atoms with Crippen molar-refractivity contribution >= 4 is 62.9 Å². The molecule has 3 aromatic rings. The normalized spacial score (nSPS) is 10.7. The van der Waals surface area contributed by atoms with E-state index >= 15 is 0 Å². The first kappa shape index (κ1) is 25.2. The lowest BCUT2D eigenvalue weighted by Crippen LogP contribution is -2.11. The fraction of sp³-hybridized carbons (Fsp3) is 0.158. The molecule has 0 bridgehead atoms. The summed E-state index contributed by atoms with van der Waals surface area (Å²) in [7, 11) is -0.749. The molecule has 32 heavy (non-hydrogen) atoms. The number of hydrogen-bond acceptors (Lipinski definition) is 8. The van der Waals surface area contributed by atoms with Crippen LogP contribution in [0.25, 0.3) is 0 Å². The Morgan fingerprint density at radius 2 is 1.78 bits per heavy atom. The van der Waals surface area contributed by atoms with E-state index in [2.05, 4.69) is 25.3 Å². The molecule has 2 aromatic carbocycles. The van der Waals surface area contributed by atoms with Gasteiger partial charge in [0.2, 0.25) is 16.0 Å². The third kappa shape index (κ3) is 6.25. The van der Waals surface area contributed by atoms with Crippen LogP contribution in [0.5, 0.6) is 11.5 Å². The van der Waals surface area contributed by atoms with Crippen molar-refractivity contribution in [3.05, 3.63) is 53.4 Å². The van der Waals surface area contributed by atoms with Crippen molar-refractivity contribution in [2.75, 3.05) is 35.8 Å². The van der Waals surface area contributed by atoms with E-state index in [1.165, 1.54) is 38.6 Å². The molecule has 0 aliphatic heterocycles. The van der Waals surface area contributed by atoms with Crippen LogP contribution in [0, 0.1) is 5.82 Å². The van der Waals surface area contributed by atoms with Crippen LogP contribution in [0.2, 0.25) is 5.02 Å². The van der Waals surface area contributed by atoms with Crippen molar-refractivity contribution in [3.63, 3.8) is 0 Å². The summed E-state index contributed by atoms with van der Waals surface area (Å²) in [4.78, 5) is 8.38. The Kier molecular flexibility index (Phi) is 8.31. The lowest BCUT2D eigenvalue weighted by Gasteiger charge is -2.15. The Morgan fingerprint density at radius 1 is 1.03 bits per heavy atom. The molecule has 0 spiro atoms. The van der Waals surface area contributed by atoms with Gasteiger partial charge in [-0.05, 0) is 24.3 Å². The maximum Gasteiger partial charge on any atom is 0.229 e. The first-order valence-corrected chi connectivity index (χ1v) is 11.0. The van der Waals surface area contributed by atoms with Gasteiger partial charge in [-0.3, -0.25) is 4.72 Å². The molecule has 3 rings (SSSR count). The minimum Gasteiger partial charge on any atom is -0.497 e. The van der Waals surface area contributed by atoms with Gasteiger partial charge in [0.1, 0.15) is 10.8 Å². The lowest BCUT2D eigenvalue weighted by atomic mass is 10.2. The predicted octanol–water partition coefficient (Wildman–Crippen LogP) is 4.57. The summed E-state index contributed by atoms with van der Waals surface area (Å²) < 4.78 is 50.0. The fourth-order valence-electron chi connectivity index (χ4n) is 2.62. The number of hydrogen-bond donors (Lipinski definition) is 3. The number of halogens is 3. The standard InChI is InChI=1S/C19H19ClFN5O4S.ClH/c1-29-11-7-8-14(16(9-11)26-31(3,27)28)23-18-12(20)10-22-19(25-18)24-15-6-4-5-13(21)17(15)30-2;/h4-10,26H,1-3H3,(H2,22,23,24,25);1H. The van der Waals surface area contributed by atoms with Gasteiger partial charge in [0.25, 0.3) is 0 Å². The zero-order valence-electron chi connectivity index (χ0n) is 17.1. The fourth-order valence-corrected chi connectivity index (χ4v) is 3.33. The van der Waals surface area contributed by atoms with Crippen molar-refractivity contribution in [1.29, 1.82) is 0 Å². The van der Waals surface area contributed by atoms with Crippen molar-refractivity contribution in [2.45, 2.75) is 0 Å². The third-order valence-corrected chi connectivity index (χ3v) is 4.80. The first-order chi connectivity index (χ1) is 14.7. The number of nitrogens with zero attached hydrogens (tertiary/aromatic N) is 2. The van der Waals surface area contributed by atoms with E-state index < -0.39 is 15.8 Å². The number of anilines is 5. The molecule has 0 radical (unpaired) electrons. The molecule has 0 saturated carbocycles. The zero-order chi connectivity index (χ0) is 22.6. The van der Waals surface area contributed by atoms with Gasteiger partial charge in [-0.25, -0.2) is 17.8 Å². The number of rotatable bonds is 8. The Hall–Kier alpha value is -3.02. The summed E-state index contributed by atoms with van der Waals surface area (Å²) in [6, 6.07) is 9.13. The highest BCUT2D eigenvalue weighted by Gasteiger charge is 2.14. The maximum absolute atomic E-state index is 13.9. The number of ether oxygens (including phenoxy) is 2. The zero-order valence-corrected chi connectivity index (χ0v) is 19.5. The minimum absolute atomic E-state index is 0. The van der Waals surface area contributed by atoms with Gasteiger partial charge in [-0.2, -0.15) is 4.98 Å². The molecule has 9 nitrogen and oxygen atoms in total. The monoisotopic (exact) mass is 503 g/mol. The predicted molar refractivity (Wildman–Crippen MR) is 125 cm³/mol. The Morgan fingerprint density at radius 3 is 2.44 bits per heavy atom. The number of methoxy groups -OCH3 is 2. The summed E-state index contributed by atoms with van der Waals surface area (Å²) in [5.41, 5.74) is 0.929. The highest BCUT2D eigenvalue weighted by Crippen LogP contribution is 2.33. The van der Waals surface area contributed by atoms with Crippen LogP contribution in [0.3, 0.4) is 0 Å². The van der Waals surface area contributed by atoms with Gasteiger partial charge >= 0.3 is 0 Å². The average molecular weight is 504 g/mol. The van der Waals surface area contributed by atoms with E-state index in [9.17, 15) is 12.8 Å². The molecule has 1 heterocycles. The van der Waals surface area contributed by atoms with E-state index in [0.717, 1.165) is 6.26 Å². The minimum atomic E-state index is -3.56. The van der Waals surface area contributed by atoms with Crippen LogP contribution >= 0.6 is 24.0 Å². The molecule has 0 saturated heterocycles. The van der Waals surface area contributed by atoms with E-state index in [1.54, 1.807) is 18.2 Å². The van der Waals surface area contributed by atoms with E-state index in [0.29, 0.717) is 17.1 Å². The van der Waals surface area contributed by atoms with Crippen molar-refractivity contribution in [3.8, 4) is 11.5 Å². The Labute approximate surface area is 195 Å². The quantitative estimate of drug-likeness (QED) is 0.409. The van der Waals surface area contributed by atoms with Crippen LogP contribution in [0.1, 0.15) is 0 Å². The van der Waals surface area contributed by atoms with Gasteiger partial charge in [0.05, 0.1) is 43.7 Å². The summed E-state index contributed by atoms with van der Waals surface area (Å²) >= 11 is 6.21. The Bertz CT molecular complexity index is 1210. The largest absolute Gasteiger partial charge is 0.497 e. The highest BCUT2D eigenvalue weighted by molar-refractivity contribution is 7.92. The van der Waals surface area contributed by atoms with Crippen LogP contribution in [-0.2, 0) is 10.0 Å². The topological polar surface area (TPSA) is 114 Å². The molecule has 0 aliphatic carbocycles. The second-order valence-corrected chi connectivity index (χ2v) is 8.40. The van der Waals surface area contributed by atoms with Crippen molar-refractivity contribution in [1.82, 2.24) is 9.97 Å². The molecular weight excluding hydrogens is 484 g/mol. The molecule has 172 valence electrons. The van der Waals surface area contributed by atoms with Crippen LogP contribution in [0.15, 0.2) is 42.6 Å². The molecule has 0 atom stereocenters. The van der Waals surface area contributed by atoms with E-state index in [1.807, 2.05) is 0 Å². The number of benzene rings is 2. The number of para-hydroxylation sites is 1. The van der Waals surface area contributed by atoms with Gasteiger partial charge in [-0.1, -0.05) is 17.7 Å². The van der Waals surface area contributed by atoms with Gasteiger partial charge in [0.15, 0.2) is 17.4 Å². The third-order valence-electron chi connectivity index (χ3n) is 3.94. The molecule has 1 aromatic heterocycles. The molecular formula is C19H20Cl2FN5O4S. The molecule has 0 fully saturated rings. The van der Waals surface area contributed by atoms with Crippen molar-refractivity contribution < 1.29 is 22.3 Å². The molecule has 3 N–H and O–H groups in total. The number of nitrogens with one attached hydrogen (secondary N) is 3. The molecule has 0 aliphatic rings. The van der Waals surface area contributed by atoms with Crippen LogP contribution < -0.4 is 24.8 Å². The van der Waals surface area contributed by atoms with E-state index in [-0.39, 0.29) is 40.6 Å². The van der Waals surface area contributed by atoms with E-state index in [4.69, 9.17) is 21.1 Å². The molecule has 0 unspecified atom stereocenters. The second kappa shape index (κ2) is 10.5. The average Bonchev–Trinajstić information content (AvgIpc) is 2.70. The molecule has 0 amide bonds. The Balaban J connectivity index is 0.00000363. The van der Waals surface area contributed by atoms with Crippen LogP contribution in [0.4, 0.5) is 33.2 Å². The summed E-state index contributed by atoms with van der Waals surface area (Å²) in [6.45, 7) is 0. The van der Waals surface area contributed by atoms with Crippen LogP contribution in [-0.4, -0.2) is 38.9 Å². The number of sulfonamides is 1. The first-order valence-electron chi connectivity index (χ1n) is 8.75. The molecule has 13 heteroatoms. The van der Waals surface area contributed by atoms with Gasteiger partial charge in [0, 0.05) is 6.07 Å². The highest BCUT2D eigenvalue weighted by atomic mass is 35.5.